The first-order valence-corrected chi connectivity index (χ1v) is 16.3. The number of nitrogens with zero attached hydrogens (tertiary/aromatic N) is 5. The first kappa shape index (κ1) is 33.7. The predicted molar refractivity (Wildman–Crippen MR) is 186 cm³/mol. The van der Waals surface area contributed by atoms with Crippen LogP contribution in [0.15, 0.2) is 110 Å². The zero-order valence-corrected chi connectivity index (χ0v) is 27.5. The van der Waals surface area contributed by atoms with E-state index < -0.39 is 11.7 Å². The Hall–Kier alpha value is -5.22. The molecule has 1 fully saturated rings. The summed E-state index contributed by atoms with van der Waals surface area (Å²) in [6.45, 7) is 4.19. The molecule has 1 amide bonds. The summed E-state index contributed by atoms with van der Waals surface area (Å²) in [5.74, 6) is -0.224. The number of halogens is 3. The molecular weight excluding hydrogens is 627 g/mol. The lowest BCUT2D eigenvalue weighted by molar-refractivity contribution is -0.137. The van der Waals surface area contributed by atoms with E-state index in [0.717, 1.165) is 71.5 Å². The van der Waals surface area contributed by atoms with E-state index in [2.05, 4.69) is 14.8 Å². The maximum absolute atomic E-state index is 13.8. The van der Waals surface area contributed by atoms with Gasteiger partial charge in [0.25, 0.3) is 0 Å². The maximum atomic E-state index is 13.8. The molecule has 1 aliphatic rings. The minimum Gasteiger partial charge on any atom is -0.345 e. The average Bonchev–Trinajstić information content (AvgIpc) is 3.48. The zero-order valence-electron chi connectivity index (χ0n) is 27.5. The molecule has 0 atom stereocenters. The normalized spacial score (nSPS) is 14.4. The van der Waals surface area contributed by atoms with Crippen molar-refractivity contribution in [3.63, 3.8) is 0 Å². The molecule has 6 rings (SSSR count). The maximum Gasteiger partial charge on any atom is 0.416 e. The number of benzene rings is 3. The minimum atomic E-state index is -4.42. The third-order valence-electron chi connectivity index (χ3n) is 9.19. The Morgan fingerprint density at radius 1 is 0.898 bits per heavy atom. The highest BCUT2D eigenvalue weighted by molar-refractivity contribution is 5.94. The number of para-hydroxylation sites is 1. The first-order chi connectivity index (χ1) is 23.6. The highest BCUT2D eigenvalue weighted by Gasteiger charge is 2.30. The second kappa shape index (κ2) is 14.5. The van der Waals surface area contributed by atoms with Crippen LogP contribution in [0.2, 0.25) is 0 Å². The Labute approximate surface area is 283 Å². The summed E-state index contributed by atoms with van der Waals surface area (Å²) in [5, 5.41) is 1.06. The van der Waals surface area contributed by atoms with Crippen molar-refractivity contribution in [3.8, 4) is 0 Å². The van der Waals surface area contributed by atoms with Crippen molar-refractivity contribution >= 4 is 40.2 Å². The van der Waals surface area contributed by atoms with E-state index in [1.165, 1.54) is 18.2 Å². The molecule has 0 saturated carbocycles. The Morgan fingerprint density at radius 3 is 2.20 bits per heavy atom. The van der Waals surface area contributed by atoms with E-state index in [-0.39, 0.29) is 17.9 Å². The van der Waals surface area contributed by atoms with Crippen LogP contribution in [0.1, 0.15) is 46.8 Å². The summed E-state index contributed by atoms with van der Waals surface area (Å²) in [6, 6.07) is 24.6. The molecule has 0 aliphatic carbocycles. The third-order valence-corrected chi connectivity index (χ3v) is 9.19. The largest absolute Gasteiger partial charge is 0.416 e. The SMILES string of the molecule is CC(=O)n1cc(CN2CCC(N(Cc3ccc(N(C)c4ccncc4)cc3)C(=O)/C=C/c3ccc(C(F)(F)F)cc3)CC2)c2ccccc21. The van der Waals surface area contributed by atoms with Crippen molar-refractivity contribution in [2.24, 2.45) is 0 Å². The summed E-state index contributed by atoms with van der Waals surface area (Å²) >= 11 is 0. The van der Waals surface area contributed by atoms with Gasteiger partial charge >= 0.3 is 6.18 Å². The Morgan fingerprint density at radius 2 is 1.55 bits per heavy atom. The van der Waals surface area contributed by atoms with Gasteiger partial charge in [0.2, 0.25) is 11.8 Å². The van der Waals surface area contributed by atoms with Gasteiger partial charge in [-0.3, -0.25) is 24.0 Å². The van der Waals surface area contributed by atoms with Gasteiger partial charge in [0.1, 0.15) is 0 Å². The molecule has 0 radical (unpaired) electrons. The fraction of sp³-hybridized carbons (Fsp3) is 0.256. The van der Waals surface area contributed by atoms with Crippen molar-refractivity contribution < 1.29 is 22.8 Å². The van der Waals surface area contributed by atoms with Crippen LogP contribution < -0.4 is 4.90 Å². The van der Waals surface area contributed by atoms with Gasteiger partial charge in [-0.25, -0.2) is 0 Å². The average molecular weight is 666 g/mol. The summed E-state index contributed by atoms with van der Waals surface area (Å²) in [6.07, 6.45) is 5.55. The quantitative estimate of drug-likeness (QED) is 0.149. The highest BCUT2D eigenvalue weighted by atomic mass is 19.4. The van der Waals surface area contributed by atoms with Crippen molar-refractivity contribution in [1.29, 1.82) is 0 Å². The van der Waals surface area contributed by atoms with Crippen LogP contribution in [0.25, 0.3) is 17.0 Å². The van der Waals surface area contributed by atoms with E-state index >= 15 is 0 Å². The van der Waals surface area contributed by atoms with Crippen LogP contribution in [0, 0.1) is 0 Å². The van der Waals surface area contributed by atoms with Crippen molar-refractivity contribution in [1.82, 2.24) is 19.4 Å². The van der Waals surface area contributed by atoms with Crippen LogP contribution in [-0.2, 0) is 24.1 Å². The molecule has 0 unspecified atom stereocenters. The first-order valence-electron chi connectivity index (χ1n) is 16.3. The van der Waals surface area contributed by atoms with Crippen LogP contribution >= 0.6 is 0 Å². The molecular formula is C39H38F3N5O2. The van der Waals surface area contributed by atoms with Crippen molar-refractivity contribution in [2.75, 3.05) is 25.0 Å². The smallest absolute Gasteiger partial charge is 0.345 e. The van der Waals surface area contributed by atoms with Gasteiger partial charge in [0.05, 0.1) is 11.1 Å². The molecule has 7 nitrogen and oxygen atoms in total. The number of anilines is 2. The Bertz CT molecular complexity index is 1930. The second-order valence-electron chi connectivity index (χ2n) is 12.4. The van der Waals surface area contributed by atoms with Crippen LogP contribution in [-0.4, -0.2) is 57.3 Å². The number of rotatable bonds is 9. The molecule has 5 aromatic rings. The minimum absolute atomic E-state index is 0.0289. The fourth-order valence-corrected chi connectivity index (χ4v) is 6.44. The number of alkyl halides is 3. The lowest BCUT2D eigenvalue weighted by atomic mass is 10.0. The predicted octanol–water partition coefficient (Wildman–Crippen LogP) is 8.19. The molecule has 49 heavy (non-hydrogen) atoms. The van der Waals surface area contributed by atoms with Gasteiger partial charge in [-0.2, -0.15) is 13.2 Å². The summed E-state index contributed by atoms with van der Waals surface area (Å²) in [7, 11) is 1.98. The molecule has 0 bridgehead atoms. The van der Waals surface area contributed by atoms with Crippen LogP contribution in [0.3, 0.4) is 0 Å². The highest BCUT2D eigenvalue weighted by Crippen LogP contribution is 2.30. The number of pyridine rings is 1. The number of fused-ring (bicyclic) bond motifs is 1. The van der Waals surface area contributed by atoms with Crippen LogP contribution in [0.4, 0.5) is 24.5 Å². The monoisotopic (exact) mass is 665 g/mol. The molecule has 0 N–H and O–H groups in total. The lowest BCUT2D eigenvalue weighted by Crippen LogP contribution is -2.46. The number of hydrogen-bond acceptors (Lipinski definition) is 5. The molecule has 1 aliphatic heterocycles. The zero-order chi connectivity index (χ0) is 34.5. The summed E-state index contributed by atoms with van der Waals surface area (Å²) in [4.78, 5) is 36.4. The topological polar surface area (TPSA) is 61.7 Å². The molecule has 3 heterocycles. The van der Waals surface area contributed by atoms with E-state index in [4.69, 9.17) is 0 Å². The number of hydrogen-bond donors (Lipinski definition) is 0. The number of likely N-dealkylation sites (tertiary alicyclic amines) is 1. The van der Waals surface area contributed by atoms with Gasteiger partial charge in [0.15, 0.2) is 0 Å². The van der Waals surface area contributed by atoms with Gasteiger partial charge in [-0.05, 0) is 78.1 Å². The Kier molecular flexibility index (Phi) is 9.96. The van der Waals surface area contributed by atoms with Gasteiger partial charge in [-0.15, -0.1) is 0 Å². The third kappa shape index (κ3) is 7.92. The molecule has 2 aromatic heterocycles. The fourth-order valence-electron chi connectivity index (χ4n) is 6.44. The molecule has 252 valence electrons. The van der Waals surface area contributed by atoms with E-state index in [1.807, 2.05) is 78.8 Å². The number of aromatic nitrogens is 2. The second-order valence-corrected chi connectivity index (χ2v) is 12.4. The lowest BCUT2D eigenvalue weighted by Gasteiger charge is -2.38. The van der Waals surface area contributed by atoms with Gasteiger partial charge in [-0.1, -0.05) is 42.5 Å². The van der Waals surface area contributed by atoms with Crippen molar-refractivity contribution in [2.45, 2.75) is 45.1 Å². The van der Waals surface area contributed by atoms with Crippen LogP contribution in [0.5, 0.6) is 0 Å². The summed E-state index contributed by atoms with van der Waals surface area (Å²) in [5.41, 5.74) is 4.75. The Balaban J connectivity index is 1.18. The number of carbonyl (C=O) groups is 2. The molecule has 3 aromatic carbocycles. The molecule has 1 saturated heterocycles. The van der Waals surface area contributed by atoms with Crippen molar-refractivity contribution in [3.05, 3.63) is 132 Å². The number of carbonyl (C=O) groups excluding carboxylic acids is 2. The van der Waals surface area contributed by atoms with E-state index in [1.54, 1.807) is 30.0 Å². The van der Waals surface area contributed by atoms with Gasteiger partial charge < -0.3 is 9.80 Å². The molecule has 0 spiro atoms. The summed E-state index contributed by atoms with van der Waals surface area (Å²) < 4.78 is 40.9. The van der Waals surface area contributed by atoms with E-state index in [0.29, 0.717) is 18.7 Å². The standard InChI is InChI=1S/C39H38F3N5O2/c1-28(48)46-27-31(36-5-3-4-6-37(36)46)26-45-23-19-35(20-24-45)47(38(49)16-11-29-7-12-32(13-8-29)39(40,41)42)25-30-9-14-33(15-10-30)44(2)34-17-21-43-22-18-34/h3-18,21-22,27,35H,19-20,23-26H2,1-2H3/b16-11+. The number of piperidine rings is 1. The number of amides is 1. The molecule has 10 heteroatoms. The van der Waals surface area contributed by atoms with Gasteiger partial charge in [0, 0.05) is 87.6 Å². The van der Waals surface area contributed by atoms with E-state index in [9.17, 15) is 22.8 Å².